The summed E-state index contributed by atoms with van der Waals surface area (Å²) in [6.45, 7) is 0. The van der Waals surface area contributed by atoms with Crippen LogP contribution in [0.5, 0.6) is 0 Å². The summed E-state index contributed by atoms with van der Waals surface area (Å²) < 4.78 is 39.4. The van der Waals surface area contributed by atoms with Crippen molar-refractivity contribution in [2.45, 2.75) is 6.18 Å². The van der Waals surface area contributed by atoms with Crippen molar-refractivity contribution in [2.24, 2.45) is 0 Å². The number of allylic oxidation sites excluding steroid dienone is 1. The van der Waals surface area contributed by atoms with Crippen LogP contribution in [0, 0.1) is 0 Å². The van der Waals surface area contributed by atoms with Crippen LogP contribution >= 0.6 is 11.6 Å². The smallest absolute Gasteiger partial charge is 0.427 e. The van der Waals surface area contributed by atoms with Gasteiger partial charge in [-0.05, 0) is 0 Å². The van der Waals surface area contributed by atoms with Crippen molar-refractivity contribution in [2.75, 3.05) is 7.11 Å². The molecule has 74 valence electrons. The van der Waals surface area contributed by atoms with E-state index in [0.29, 0.717) is 0 Å². The van der Waals surface area contributed by atoms with E-state index in [4.69, 9.17) is 11.6 Å². The van der Waals surface area contributed by atoms with Gasteiger partial charge in [-0.25, -0.2) is 4.79 Å². The molecule has 0 spiro atoms. The molecule has 0 aliphatic heterocycles. The van der Waals surface area contributed by atoms with Crippen molar-refractivity contribution in [3.05, 3.63) is 10.6 Å². The molecule has 13 heavy (non-hydrogen) atoms. The first-order chi connectivity index (χ1) is 5.84. The Hall–Kier alpha value is -1.04. The average molecular weight is 217 g/mol. The molecule has 0 aromatic rings. The lowest BCUT2D eigenvalue weighted by Crippen LogP contribution is -2.16. The second kappa shape index (κ2) is 4.27. The van der Waals surface area contributed by atoms with Crippen LogP contribution in [0.25, 0.3) is 0 Å². The predicted octanol–water partition coefficient (Wildman–Crippen LogP) is 1.41. The van der Waals surface area contributed by atoms with Crippen LogP contribution in [0.15, 0.2) is 10.6 Å². The van der Waals surface area contributed by atoms with E-state index in [1.807, 2.05) is 0 Å². The fraction of sp³-hybridized carbons (Fsp3) is 0.333. The highest BCUT2D eigenvalue weighted by Crippen LogP contribution is 2.30. The zero-order valence-corrected chi connectivity index (χ0v) is 7.07. The Kier molecular flexibility index (Phi) is 3.93. The number of methoxy groups -OCH3 is 1. The van der Waals surface area contributed by atoms with Gasteiger partial charge in [0, 0.05) is 0 Å². The van der Waals surface area contributed by atoms with Gasteiger partial charge in [0.25, 0.3) is 0 Å². The molecule has 0 aromatic heterocycles. The maximum atomic E-state index is 11.8. The first-order valence-corrected chi connectivity index (χ1v) is 3.22. The molecule has 0 atom stereocenters. The first kappa shape index (κ1) is 12.0. The van der Waals surface area contributed by atoms with Crippen LogP contribution < -0.4 is 0 Å². The van der Waals surface area contributed by atoms with E-state index in [1.54, 1.807) is 0 Å². The Labute approximate surface area is 76.1 Å². The Morgan fingerprint density at radius 1 is 1.46 bits per heavy atom. The normalized spacial score (nSPS) is 13.3. The summed E-state index contributed by atoms with van der Waals surface area (Å²) in [5.41, 5.74) is -1.24. The summed E-state index contributed by atoms with van der Waals surface area (Å²) >= 11 is 4.72. The summed E-state index contributed by atoms with van der Waals surface area (Å²) in [4.78, 5) is 20.6. The minimum atomic E-state index is -4.92. The number of hydrogen-bond acceptors (Lipinski definition) is 3. The highest BCUT2D eigenvalue weighted by atomic mass is 35.5. The lowest BCUT2D eigenvalue weighted by molar-refractivity contribution is -0.138. The quantitative estimate of drug-likeness (QED) is 0.230. The molecule has 0 rings (SSSR count). The van der Waals surface area contributed by atoms with Gasteiger partial charge in [0.15, 0.2) is 6.29 Å². The van der Waals surface area contributed by atoms with Crippen LogP contribution in [0.2, 0.25) is 0 Å². The zero-order valence-electron chi connectivity index (χ0n) is 6.31. The van der Waals surface area contributed by atoms with Gasteiger partial charge in [-0.15, -0.1) is 0 Å². The molecule has 0 saturated heterocycles. The monoisotopic (exact) mass is 216 g/mol. The van der Waals surface area contributed by atoms with E-state index in [0.717, 1.165) is 7.11 Å². The first-order valence-electron chi connectivity index (χ1n) is 2.85. The van der Waals surface area contributed by atoms with Crippen molar-refractivity contribution in [3.63, 3.8) is 0 Å². The number of alkyl halides is 3. The molecule has 7 heteroatoms. The van der Waals surface area contributed by atoms with Gasteiger partial charge in [-0.2, -0.15) is 13.2 Å². The molecular weight excluding hydrogens is 213 g/mol. The summed E-state index contributed by atoms with van der Waals surface area (Å²) in [6, 6.07) is 0. The third kappa shape index (κ3) is 3.06. The SMILES string of the molecule is COC(=O)/C(C=O)=C(\Cl)C(F)(F)F. The summed E-state index contributed by atoms with van der Waals surface area (Å²) in [6.07, 6.45) is -5.23. The van der Waals surface area contributed by atoms with E-state index in [-0.39, 0.29) is 6.29 Å². The molecule has 0 aliphatic carbocycles. The van der Waals surface area contributed by atoms with Crippen molar-refractivity contribution in [1.29, 1.82) is 0 Å². The summed E-state index contributed by atoms with van der Waals surface area (Å²) in [5.74, 6) is -1.42. The summed E-state index contributed by atoms with van der Waals surface area (Å²) in [5, 5.41) is -1.78. The van der Waals surface area contributed by atoms with Gasteiger partial charge >= 0.3 is 12.1 Å². The van der Waals surface area contributed by atoms with Gasteiger partial charge in [-0.3, -0.25) is 4.79 Å². The number of ether oxygens (including phenoxy) is 1. The minimum absolute atomic E-state index is 0.304. The number of rotatable bonds is 2. The second-order valence-electron chi connectivity index (χ2n) is 1.83. The topological polar surface area (TPSA) is 43.4 Å². The van der Waals surface area contributed by atoms with Gasteiger partial charge in [0.2, 0.25) is 0 Å². The standard InChI is InChI=1S/C6H4ClF3O3/c1-13-5(12)3(2-11)4(7)6(8,9)10/h2H,1H3/b4-3-. The molecule has 0 aromatic carbocycles. The minimum Gasteiger partial charge on any atom is -0.465 e. The fourth-order valence-electron chi connectivity index (χ4n) is 0.452. The fourth-order valence-corrected chi connectivity index (χ4v) is 0.574. The molecule has 0 fully saturated rings. The molecule has 0 unspecified atom stereocenters. The largest absolute Gasteiger partial charge is 0.465 e. The van der Waals surface area contributed by atoms with Crippen LogP contribution in [-0.4, -0.2) is 25.5 Å². The lowest BCUT2D eigenvalue weighted by Gasteiger charge is -2.06. The molecule has 0 saturated carbocycles. The summed E-state index contributed by atoms with van der Waals surface area (Å²) in [7, 11) is 0.840. The molecule has 0 N–H and O–H groups in total. The number of esters is 1. The average Bonchev–Trinajstić information content (AvgIpc) is 2.03. The number of aldehydes is 1. The van der Waals surface area contributed by atoms with Crippen molar-refractivity contribution >= 4 is 23.9 Å². The van der Waals surface area contributed by atoms with Crippen LogP contribution in [0.4, 0.5) is 13.2 Å². The highest BCUT2D eigenvalue weighted by molar-refractivity contribution is 6.35. The molecule has 0 radical (unpaired) electrons. The van der Waals surface area contributed by atoms with Gasteiger partial charge in [-0.1, -0.05) is 11.6 Å². The van der Waals surface area contributed by atoms with E-state index in [9.17, 15) is 22.8 Å². The Bertz CT molecular complexity index is 256. The van der Waals surface area contributed by atoms with E-state index < -0.39 is 22.8 Å². The van der Waals surface area contributed by atoms with E-state index >= 15 is 0 Å². The van der Waals surface area contributed by atoms with Crippen molar-refractivity contribution < 1.29 is 27.5 Å². The molecule has 0 heterocycles. The maximum Gasteiger partial charge on any atom is 0.427 e. The second-order valence-corrected chi connectivity index (χ2v) is 2.21. The highest BCUT2D eigenvalue weighted by Gasteiger charge is 2.37. The Morgan fingerprint density at radius 3 is 2.15 bits per heavy atom. The van der Waals surface area contributed by atoms with E-state index in [1.165, 1.54) is 0 Å². The Balaban J connectivity index is 5.14. The predicted molar refractivity (Wildman–Crippen MR) is 37.0 cm³/mol. The van der Waals surface area contributed by atoms with Crippen LogP contribution in [0.1, 0.15) is 0 Å². The van der Waals surface area contributed by atoms with Gasteiger partial charge in [0.05, 0.1) is 7.11 Å². The van der Waals surface area contributed by atoms with Crippen LogP contribution in [0.3, 0.4) is 0 Å². The molecule has 0 aliphatic rings. The number of halogens is 4. The number of carbonyl (C=O) groups excluding carboxylic acids is 2. The zero-order chi connectivity index (χ0) is 10.6. The number of hydrogen-bond donors (Lipinski definition) is 0. The molecule has 0 bridgehead atoms. The molecular formula is C6H4ClF3O3. The third-order valence-electron chi connectivity index (χ3n) is 1.01. The molecule has 0 amide bonds. The molecule has 3 nitrogen and oxygen atoms in total. The maximum absolute atomic E-state index is 11.8. The van der Waals surface area contributed by atoms with E-state index in [2.05, 4.69) is 4.74 Å². The van der Waals surface area contributed by atoms with Crippen LogP contribution in [-0.2, 0) is 14.3 Å². The van der Waals surface area contributed by atoms with Gasteiger partial charge < -0.3 is 4.74 Å². The lowest BCUT2D eigenvalue weighted by atomic mass is 10.2. The third-order valence-corrected chi connectivity index (χ3v) is 1.43. The Morgan fingerprint density at radius 2 is 1.92 bits per heavy atom. The van der Waals surface area contributed by atoms with Crippen molar-refractivity contribution in [1.82, 2.24) is 0 Å². The number of carbonyl (C=O) groups is 2. The van der Waals surface area contributed by atoms with Crippen molar-refractivity contribution in [3.8, 4) is 0 Å². The van der Waals surface area contributed by atoms with Gasteiger partial charge in [0.1, 0.15) is 10.6 Å².